The van der Waals surface area contributed by atoms with Crippen molar-refractivity contribution in [3.8, 4) is 17.0 Å². The number of benzene rings is 1. The predicted octanol–water partition coefficient (Wildman–Crippen LogP) is 3.70. The molecule has 0 spiro atoms. The third-order valence-electron chi connectivity index (χ3n) is 4.42. The van der Waals surface area contributed by atoms with Gasteiger partial charge in [0.15, 0.2) is 0 Å². The average Bonchev–Trinajstić information content (AvgIpc) is 3.13. The number of amides is 1. The van der Waals surface area contributed by atoms with Gasteiger partial charge in [0.2, 0.25) is 0 Å². The van der Waals surface area contributed by atoms with E-state index in [9.17, 15) is 4.79 Å². The zero-order valence-corrected chi connectivity index (χ0v) is 14.1. The number of nitrogens with zero attached hydrogens (tertiary/aromatic N) is 1. The summed E-state index contributed by atoms with van der Waals surface area (Å²) in [5, 5.41) is 10.1. The molecule has 5 heteroatoms. The van der Waals surface area contributed by atoms with Crippen LogP contribution in [0.25, 0.3) is 11.3 Å². The van der Waals surface area contributed by atoms with Gasteiger partial charge in [-0.25, -0.2) is 0 Å². The van der Waals surface area contributed by atoms with E-state index >= 15 is 0 Å². The van der Waals surface area contributed by atoms with Gasteiger partial charge < -0.3 is 10.1 Å². The Morgan fingerprint density at radius 3 is 2.96 bits per heavy atom. The van der Waals surface area contributed by atoms with Gasteiger partial charge in [0.1, 0.15) is 11.4 Å². The zero-order valence-electron chi connectivity index (χ0n) is 14.1. The maximum atomic E-state index is 12.4. The van der Waals surface area contributed by atoms with Crippen LogP contribution in [0, 0.1) is 0 Å². The number of H-pyrrole nitrogens is 1. The first-order valence-corrected chi connectivity index (χ1v) is 8.37. The molecule has 126 valence electrons. The molecule has 5 nitrogen and oxygen atoms in total. The molecule has 3 rings (SSSR count). The lowest BCUT2D eigenvalue weighted by atomic mass is 9.95. The molecule has 1 aromatic carbocycles. The maximum Gasteiger partial charge on any atom is 0.269 e. The van der Waals surface area contributed by atoms with E-state index in [0.29, 0.717) is 5.69 Å². The van der Waals surface area contributed by atoms with E-state index in [1.54, 1.807) is 13.2 Å². The quantitative estimate of drug-likeness (QED) is 0.824. The van der Waals surface area contributed by atoms with Crippen LogP contribution in [0.15, 0.2) is 42.0 Å². The molecule has 0 saturated carbocycles. The first kappa shape index (κ1) is 16.3. The third-order valence-corrected chi connectivity index (χ3v) is 4.42. The summed E-state index contributed by atoms with van der Waals surface area (Å²) in [5.41, 5.74) is 3.43. The van der Waals surface area contributed by atoms with Crippen molar-refractivity contribution < 1.29 is 9.53 Å². The molecule has 0 saturated heterocycles. The number of hydrogen-bond acceptors (Lipinski definition) is 3. The van der Waals surface area contributed by atoms with E-state index in [4.69, 9.17) is 4.74 Å². The summed E-state index contributed by atoms with van der Waals surface area (Å²) in [6.07, 6.45) is 6.88. The fourth-order valence-electron chi connectivity index (χ4n) is 2.99. The molecule has 1 heterocycles. The number of carbonyl (C=O) groups excluding carboxylic acids is 1. The number of nitrogens with one attached hydrogen (secondary N) is 2. The van der Waals surface area contributed by atoms with Gasteiger partial charge >= 0.3 is 0 Å². The molecule has 1 aliphatic rings. The molecule has 2 N–H and O–H groups in total. The van der Waals surface area contributed by atoms with Crippen molar-refractivity contribution in [3.63, 3.8) is 0 Å². The molecule has 0 fully saturated rings. The lowest BCUT2D eigenvalue weighted by Crippen LogP contribution is -2.34. The first-order chi connectivity index (χ1) is 11.7. The minimum Gasteiger partial charge on any atom is -0.497 e. The summed E-state index contributed by atoms with van der Waals surface area (Å²) >= 11 is 0. The summed E-state index contributed by atoms with van der Waals surface area (Å²) < 4.78 is 5.23. The molecule has 0 unspecified atom stereocenters. The lowest BCUT2D eigenvalue weighted by molar-refractivity contribution is 0.0939. The van der Waals surface area contributed by atoms with Crippen molar-refractivity contribution in [1.82, 2.24) is 15.5 Å². The number of ether oxygens (including phenoxy) is 1. The highest BCUT2D eigenvalue weighted by atomic mass is 16.5. The Kier molecular flexibility index (Phi) is 4.99. The Hall–Kier alpha value is -2.56. The monoisotopic (exact) mass is 325 g/mol. The molecule has 1 atom stereocenters. The zero-order chi connectivity index (χ0) is 16.9. The standard InChI is InChI=1S/C19H23N3O2/c1-13(14-7-4-3-5-8-14)20-19(23)18-12-17(21-22-18)15-9-6-10-16(11-15)24-2/h6-7,9-13H,3-5,8H2,1-2H3,(H,20,23)(H,21,22)/t13-/m0/s1. The number of carbonyl (C=O) groups is 1. The van der Waals surface area contributed by atoms with Crippen molar-refractivity contribution in [2.75, 3.05) is 7.11 Å². The average molecular weight is 325 g/mol. The van der Waals surface area contributed by atoms with Gasteiger partial charge in [-0.2, -0.15) is 5.10 Å². The molecule has 2 aromatic rings. The van der Waals surface area contributed by atoms with E-state index in [1.165, 1.54) is 18.4 Å². The van der Waals surface area contributed by atoms with Gasteiger partial charge in [0, 0.05) is 11.6 Å². The Morgan fingerprint density at radius 2 is 2.21 bits per heavy atom. The highest BCUT2D eigenvalue weighted by Crippen LogP contribution is 2.23. The van der Waals surface area contributed by atoms with Gasteiger partial charge in [-0.1, -0.05) is 23.8 Å². The van der Waals surface area contributed by atoms with Crippen LogP contribution >= 0.6 is 0 Å². The molecule has 1 amide bonds. The minimum atomic E-state index is -0.129. The van der Waals surface area contributed by atoms with Crippen molar-refractivity contribution in [2.24, 2.45) is 0 Å². The first-order valence-electron chi connectivity index (χ1n) is 8.37. The second-order valence-electron chi connectivity index (χ2n) is 6.12. The summed E-state index contributed by atoms with van der Waals surface area (Å²) in [6, 6.07) is 9.44. The van der Waals surface area contributed by atoms with Crippen LogP contribution in [-0.4, -0.2) is 29.3 Å². The summed E-state index contributed by atoms with van der Waals surface area (Å²) in [7, 11) is 1.63. The smallest absolute Gasteiger partial charge is 0.269 e. The van der Waals surface area contributed by atoms with Gasteiger partial charge in [-0.05, 0) is 50.8 Å². The van der Waals surface area contributed by atoms with Gasteiger partial charge in [0.05, 0.1) is 12.8 Å². The fraction of sp³-hybridized carbons (Fsp3) is 0.368. The molecular formula is C19H23N3O2. The normalized spacial score (nSPS) is 15.5. The van der Waals surface area contributed by atoms with E-state index in [2.05, 4.69) is 21.6 Å². The van der Waals surface area contributed by atoms with Crippen LogP contribution < -0.4 is 10.1 Å². The Morgan fingerprint density at radius 1 is 1.33 bits per heavy atom. The largest absolute Gasteiger partial charge is 0.497 e. The lowest BCUT2D eigenvalue weighted by Gasteiger charge is -2.20. The number of methoxy groups -OCH3 is 1. The van der Waals surface area contributed by atoms with Crippen molar-refractivity contribution in [3.05, 3.63) is 47.7 Å². The molecule has 1 aromatic heterocycles. The number of rotatable bonds is 5. The molecule has 0 aliphatic heterocycles. The van der Waals surface area contributed by atoms with Gasteiger partial charge in [0.25, 0.3) is 5.91 Å². The highest BCUT2D eigenvalue weighted by molar-refractivity contribution is 5.93. The molecule has 24 heavy (non-hydrogen) atoms. The van der Waals surface area contributed by atoms with E-state index in [1.807, 2.05) is 31.2 Å². The van der Waals surface area contributed by atoms with E-state index < -0.39 is 0 Å². The number of aromatic nitrogens is 2. The molecule has 0 radical (unpaired) electrons. The fourth-order valence-corrected chi connectivity index (χ4v) is 2.99. The molecule has 1 aliphatic carbocycles. The topological polar surface area (TPSA) is 67.0 Å². The Balaban J connectivity index is 1.70. The summed E-state index contributed by atoms with van der Waals surface area (Å²) in [5.74, 6) is 0.634. The van der Waals surface area contributed by atoms with Crippen LogP contribution in [0.5, 0.6) is 5.75 Å². The number of aromatic amines is 1. The minimum absolute atomic E-state index is 0.0568. The van der Waals surface area contributed by atoms with Gasteiger partial charge in [-0.15, -0.1) is 0 Å². The second-order valence-corrected chi connectivity index (χ2v) is 6.12. The van der Waals surface area contributed by atoms with E-state index in [0.717, 1.165) is 29.8 Å². The van der Waals surface area contributed by atoms with Crippen LogP contribution in [0.2, 0.25) is 0 Å². The van der Waals surface area contributed by atoms with Crippen molar-refractivity contribution in [1.29, 1.82) is 0 Å². The highest BCUT2D eigenvalue weighted by Gasteiger charge is 2.17. The molecular weight excluding hydrogens is 302 g/mol. The van der Waals surface area contributed by atoms with E-state index in [-0.39, 0.29) is 11.9 Å². The predicted molar refractivity (Wildman–Crippen MR) is 94.1 cm³/mol. The van der Waals surface area contributed by atoms with Crippen molar-refractivity contribution in [2.45, 2.75) is 38.6 Å². The maximum absolute atomic E-state index is 12.4. The van der Waals surface area contributed by atoms with Gasteiger partial charge in [-0.3, -0.25) is 9.89 Å². The van der Waals surface area contributed by atoms with Crippen molar-refractivity contribution >= 4 is 5.91 Å². The summed E-state index contributed by atoms with van der Waals surface area (Å²) in [4.78, 5) is 12.4. The van der Waals surface area contributed by atoms with Crippen LogP contribution in [0.1, 0.15) is 43.1 Å². The SMILES string of the molecule is COc1cccc(-c2cc(C(=O)N[C@@H](C)C3=CCCCC3)[nH]n2)c1. The summed E-state index contributed by atoms with van der Waals surface area (Å²) in [6.45, 7) is 2.04. The number of allylic oxidation sites excluding steroid dienone is 1. The second kappa shape index (κ2) is 7.34. The van der Waals surface area contributed by atoms with Crippen LogP contribution in [-0.2, 0) is 0 Å². The third kappa shape index (κ3) is 3.67. The van der Waals surface area contributed by atoms with Crippen LogP contribution in [0.4, 0.5) is 0 Å². The number of hydrogen-bond donors (Lipinski definition) is 2. The van der Waals surface area contributed by atoms with Crippen LogP contribution in [0.3, 0.4) is 0 Å². The Labute approximate surface area is 142 Å². The Bertz CT molecular complexity index is 749. The molecule has 0 bridgehead atoms.